The summed E-state index contributed by atoms with van der Waals surface area (Å²) in [6.07, 6.45) is -15.3. The molecule has 0 spiro atoms. The Morgan fingerprint density at radius 2 is 1.37 bits per heavy atom. The van der Waals surface area contributed by atoms with Crippen LogP contribution in [0, 0.1) is 11.8 Å². The molecule has 0 aliphatic carbocycles. The monoisotopic (exact) mass is 882 g/mol. The second kappa shape index (κ2) is 20.9. The highest BCUT2D eigenvalue weighted by molar-refractivity contribution is 5.97. The van der Waals surface area contributed by atoms with Crippen molar-refractivity contribution in [3.63, 3.8) is 0 Å². The fourth-order valence-electron chi connectivity index (χ4n) is 7.80. The molecule has 3 fully saturated rings. The Morgan fingerprint density at radius 3 is 1.94 bits per heavy atom. The first-order valence-corrected chi connectivity index (χ1v) is 20.6. The van der Waals surface area contributed by atoms with Crippen LogP contribution in [-0.2, 0) is 33.5 Å². The number of quaternary nitrogens is 1. The molecule has 3 saturated heterocycles. The summed E-state index contributed by atoms with van der Waals surface area (Å²) in [6.45, 7) is 3.45. The van der Waals surface area contributed by atoms with Crippen LogP contribution >= 0.6 is 0 Å². The molecule has 3 aliphatic heterocycles. The average molecular weight is 883 g/mol. The maximum Gasteiger partial charge on any atom is 0.248 e. The van der Waals surface area contributed by atoms with Crippen LogP contribution in [-0.4, -0.2) is 211 Å². The van der Waals surface area contributed by atoms with Crippen molar-refractivity contribution in [3.8, 4) is 5.75 Å². The number of rotatable bonds is 9. The van der Waals surface area contributed by atoms with E-state index in [-0.39, 0.29) is 30.9 Å². The number of ether oxygens (including phenoxy) is 1. The van der Waals surface area contributed by atoms with E-state index in [4.69, 9.17) is 10.5 Å². The molecule has 13 N–H and O–H groups in total. The summed E-state index contributed by atoms with van der Waals surface area (Å²) >= 11 is 0. The number of carbonyl (C=O) groups excluding carboxylic acids is 6. The van der Waals surface area contributed by atoms with E-state index in [1.165, 1.54) is 38.1 Å². The normalized spacial score (nSPS) is 33.4. The van der Waals surface area contributed by atoms with E-state index in [0.29, 0.717) is 11.0 Å². The van der Waals surface area contributed by atoms with Crippen LogP contribution in [0.3, 0.4) is 0 Å². The average Bonchev–Trinajstić information content (AvgIpc) is 3.73. The van der Waals surface area contributed by atoms with Gasteiger partial charge in [0.05, 0.1) is 76.3 Å². The smallest absolute Gasteiger partial charge is 0.248 e. The first kappa shape index (κ1) is 50.3. The number of aliphatic hydroxyl groups excluding tert-OH is 7. The molecule has 0 bridgehead atoms. The van der Waals surface area contributed by atoms with Gasteiger partial charge in [-0.3, -0.25) is 28.8 Å². The van der Waals surface area contributed by atoms with Crippen LogP contribution in [0.4, 0.5) is 0 Å². The van der Waals surface area contributed by atoms with Crippen molar-refractivity contribution in [2.75, 3.05) is 47.4 Å². The molecule has 3 aliphatic rings. The molecule has 1 aromatic rings. The van der Waals surface area contributed by atoms with Crippen molar-refractivity contribution in [1.29, 1.82) is 0 Å². The molecule has 1 unspecified atom stereocenters. The molecule has 5 amide bonds. The maximum absolute atomic E-state index is 14.3. The van der Waals surface area contributed by atoms with Gasteiger partial charge in [0.15, 0.2) is 12.0 Å². The summed E-state index contributed by atoms with van der Waals surface area (Å²) in [6, 6.07) is -3.55. The van der Waals surface area contributed by atoms with Gasteiger partial charge >= 0.3 is 0 Å². The van der Waals surface area contributed by atoms with E-state index in [0.717, 1.165) is 16.7 Å². The van der Waals surface area contributed by atoms with Crippen molar-refractivity contribution in [2.24, 2.45) is 17.6 Å². The molecule has 15 atom stereocenters. The van der Waals surface area contributed by atoms with E-state index in [9.17, 15) is 69.6 Å². The Labute approximate surface area is 359 Å². The topological polar surface area (TPSA) is 342 Å². The predicted molar refractivity (Wildman–Crippen MR) is 216 cm³/mol. The molecular weight excluding hydrogens is 818 g/mol. The van der Waals surface area contributed by atoms with Crippen molar-refractivity contribution in [2.45, 2.75) is 119 Å². The summed E-state index contributed by atoms with van der Waals surface area (Å²) in [4.78, 5) is 86.2. The third-order valence-electron chi connectivity index (χ3n) is 11.6. The minimum atomic E-state index is -2.12. The fraction of sp³-hybridized carbons (Fsp3) is 0.700. The molecule has 62 heavy (non-hydrogen) atoms. The van der Waals surface area contributed by atoms with Crippen LogP contribution in [0.5, 0.6) is 5.75 Å². The van der Waals surface area contributed by atoms with Gasteiger partial charge < -0.3 is 81.6 Å². The number of ketones is 1. The first-order chi connectivity index (χ1) is 28.8. The van der Waals surface area contributed by atoms with Crippen molar-refractivity contribution < 1.29 is 78.8 Å². The minimum absolute atomic E-state index is 0.00153. The highest BCUT2D eigenvalue weighted by atomic mass is 16.5. The molecule has 22 heteroatoms. The third kappa shape index (κ3) is 12.2. The van der Waals surface area contributed by atoms with Gasteiger partial charge in [0.2, 0.25) is 29.5 Å². The number of nitrogens with two attached hydrogens (primary N) is 1. The summed E-state index contributed by atoms with van der Waals surface area (Å²) in [7, 11) is 5.56. The largest absolute Gasteiger partial charge is 0.508 e. The number of hydrogen-bond donors (Lipinski definition) is 12. The number of phenols is 1. The number of fused-ring (bicyclic) bond motifs is 2. The number of benzene rings is 1. The second-order valence-corrected chi connectivity index (χ2v) is 17.8. The van der Waals surface area contributed by atoms with Crippen LogP contribution in [0.1, 0.15) is 51.7 Å². The van der Waals surface area contributed by atoms with Crippen molar-refractivity contribution in [3.05, 3.63) is 29.8 Å². The molecule has 0 aromatic heterocycles. The zero-order valence-electron chi connectivity index (χ0n) is 35.8. The van der Waals surface area contributed by atoms with Gasteiger partial charge in [-0.05, 0) is 31.5 Å². The SMILES string of the molecule is C[C@@H](O)[C@@H]1NC(=O)[C@H]([C@H](O)[C@@H](O)c2ccc(O)cc2)CC(=O)[C@@H]2C[C@@H](O)CN2C(=O)[C@H]([C@@H](C)O)NC(=O)C(N)C[C@@H](O)[C@@H](OCC[N+](C)(C)C)NC(=O)[C@@H]2[C@@H](O)[C@@H](C)CN2C1=O. The number of Topliss-reactive ketones (excluding diaryl/α,β-unsaturated/α-hetero) is 1. The van der Waals surface area contributed by atoms with Gasteiger partial charge in [-0.25, -0.2) is 0 Å². The maximum atomic E-state index is 14.3. The van der Waals surface area contributed by atoms with Crippen molar-refractivity contribution >= 4 is 35.3 Å². The fourth-order valence-corrected chi connectivity index (χ4v) is 7.80. The zero-order valence-corrected chi connectivity index (χ0v) is 35.8. The molecule has 348 valence electrons. The zero-order chi connectivity index (χ0) is 46.5. The lowest BCUT2D eigenvalue weighted by Gasteiger charge is -2.34. The number of hydrogen-bond acceptors (Lipinski definition) is 16. The van der Waals surface area contributed by atoms with Gasteiger partial charge in [-0.2, -0.15) is 0 Å². The van der Waals surface area contributed by atoms with Gasteiger partial charge in [0.25, 0.3) is 0 Å². The molecule has 0 saturated carbocycles. The Hall–Kier alpha value is -4.36. The molecular formula is C40H64N7O15+. The number of likely N-dealkylation sites (N-methyl/N-ethyl adjacent to an activating group) is 1. The van der Waals surface area contributed by atoms with Gasteiger partial charge in [-0.15, -0.1) is 0 Å². The van der Waals surface area contributed by atoms with Crippen LogP contribution in [0.15, 0.2) is 24.3 Å². The summed E-state index contributed by atoms with van der Waals surface area (Å²) in [5.74, 6) is -9.19. The molecule has 22 nitrogen and oxygen atoms in total. The van der Waals surface area contributed by atoms with E-state index >= 15 is 0 Å². The number of aromatic hydroxyl groups is 1. The van der Waals surface area contributed by atoms with Gasteiger partial charge in [0, 0.05) is 38.3 Å². The lowest BCUT2D eigenvalue weighted by molar-refractivity contribution is -0.870. The standard InChI is InChI=1S/C40H63N7O15/c1-18-16-46-31(32(18)54)37(59)44-38(62-12-11-47(4,5)6)28(53)15-25(41)36(58)43-29(19(2)48)39(60)45-17-23(51)13-26(45)27(52)14-24(35(57)42-30(20(3)49)40(46)61)34(56)33(55)21-7-9-22(50)10-8-21/h7-10,18-20,23-26,28-34,38,48-49,51,53-56H,11-17,41H2,1-6H3,(H3-,42,43,44,50,57,58,59)/p+1/t18-,19+,20+,23+,24-,25?,26-,28+,29-,30-,31-,32-,33-,34-,38+/m0/s1. The van der Waals surface area contributed by atoms with Gasteiger partial charge in [0.1, 0.15) is 42.6 Å². The Balaban J connectivity index is 1.82. The molecule has 3 heterocycles. The Morgan fingerprint density at radius 1 is 0.806 bits per heavy atom. The number of nitrogens with one attached hydrogen (secondary N) is 3. The van der Waals surface area contributed by atoms with E-state index < -0.39 is 146 Å². The summed E-state index contributed by atoms with van der Waals surface area (Å²) in [5, 5.41) is 94.8. The lowest BCUT2D eigenvalue weighted by Crippen LogP contribution is -2.61. The second-order valence-electron chi connectivity index (χ2n) is 17.8. The Bertz CT molecular complexity index is 1760. The van der Waals surface area contributed by atoms with Gasteiger partial charge in [-0.1, -0.05) is 19.1 Å². The summed E-state index contributed by atoms with van der Waals surface area (Å²) in [5.41, 5.74) is 6.19. The van der Waals surface area contributed by atoms with Crippen molar-refractivity contribution in [1.82, 2.24) is 25.8 Å². The Kier molecular flexibility index (Phi) is 16.9. The highest BCUT2D eigenvalue weighted by Crippen LogP contribution is 2.30. The number of aliphatic hydroxyl groups is 7. The summed E-state index contributed by atoms with van der Waals surface area (Å²) < 4.78 is 6.27. The quantitative estimate of drug-likeness (QED) is 0.103. The van der Waals surface area contributed by atoms with E-state index in [2.05, 4.69) is 16.0 Å². The van der Waals surface area contributed by atoms with Crippen LogP contribution in [0.2, 0.25) is 0 Å². The number of carbonyl (C=O) groups is 6. The lowest BCUT2D eigenvalue weighted by atomic mass is 9.86. The molecule has 4 rings (SSSR count). The number of nitrogens with zero attached hydrogens (tertiary/aromatic N) is 3. The van der Waals surface area contributed by atoms with Crippen LogP contribution in [0.25, 0.3) is 0 Å². The van der Waals surface area contributed by atoms with E-state index in [1.807, 2.05) is 21.1 Å². The predicted octanol–water partition coefficient (Wildman–Crippen LogP) is -5.48. The molecule has 0 radical (unpaired) electrons. The number of amides is 5. The highest BCUT2D eigenvalue weighted by Gasteiger charge is 2.50. The first-order valence-electron chi connectivity index (χ1n) is 20.6. The molecule has 1 aromatic carbocycles. The van der Waals surface area contributed by atoms with E-state index in [1.54, 1.807) is 0 Å². The van der Waals surface area contributed by atoms with Crippen LogP contribution < -0.4 is 21.7 Å². The number of phenolic OH excluding ortho intramolecular Hbond substituents is 1. The third-order valence-corrected chi connectivity index (χ3v) is 11.6. The minimum Gasteiger partial charge on any atom is -0.508 e.